The van der Waals surface area contributed by atoms with Crippen molar-refractivity contribution < 1.29 is 28.3 Å². The van der Waals surface area contributed by atoms with Gasteiger partial charge in [0.25, 0.3) is 0 Å². The zero-order valence-corrected chi connectivity index (χ0v) is 19.8. The third-order valence-electron chi connectivity index (χ3n) is 6.84. The van der Waals surface area contributed by atoms with E-state index in [1.165, 1.54) is 6.07 Å². The first kappa shape index (κ1) is 25.4. The Morgan fingerprint density at radius 3 is 2.44 bits per heavy atom. The first-order valence-corrected chi connectivity index (χ1v) is 12.1. The fraction of sp³-hybridized carbons (Fsp3) is 0.370. The standard InChI is InChI=1S/C27H30FN3O5/c28-15-21(29)17-6-8-18(9-7-17)25(32)31-22(12-16-4-2-1-3-5-16)26(33)30-20-10-11-23-19(13-20)14-24(36-23)27(34)35/h1-5,10-11,13-14,17-18,21-22H,6-9,12,15,29H2,(H,30,33)(H,31,32)(H,34,35)/t17?,18?,21?,22-/m0/s1. The monoisotopic (exact) mass is 495 g/mol. The number of anilines is 1. The molecular weight excluding hydrogens is 465 g/mol. The lowest BCUT2D eigenvalue weighted by Crippen LogP contribution is -2.48. The van der Waals surface area contributed by atoms with Gasteiger partial charge >= 0.3 is 5.97 Å². The Labute approximate surface area is 208 Å². The molecule has 1 aliphatic carbocycles. The molecule has 0 radical (unpaired) electrons. The summed E-state index contributed by atoms with van der Waals surface area (Å²) in [5.74, 6) is -2.14. The molecule has 190 valence electrons. The van der Waals surface area contributed by atoms with Crippen molar-refractivity contribution in [2.75, 3.05) is 12.0 Å². The van der Waals surface area contributed by atoms with E-state index in [9.17, 15) is 18.8 Å². The SMILES string of the molecule is NC(CF)C1CCC(C(=O)N[C@@H](Cc2ccccc2)C(=O)Nc2ccc3oc(C(=O)O)cc3c2)CC1. The number of carboxylic acid groups (broad SMARTS) is 1. The third kappa shape index (κ3) is 6.09. The summed E-state index contributed by atoms with van der Waals surface area (Å²) in [6.45, 7) is -0.566. The molecular formula is C27H30FN3O5. The Hall–Kier alpha value is -3.72. The Morgan fingerprint density at radius 2 is 1.78 bits per heavy atom. The Bertz CT molecular complexity index is 1220. The lowest BCUT2D eigenvalue weighted by atomic mass is 9.78. The topological polar surface area (TPSA) is 135 Å². The summed E-state index contributed by atoms with van der Waals surface area (Å²) in [5, 5.41) is 15.4. The van der Waals surface area contributed by atoms with Gasteiger partial charge in [-0.2, -0.15) is 0 Å². The smallest absolute Gasteiger partial charge is 0.371 e. The van der Waals surface area contributed by atoms with E-state index in [2.05, 4.69) is 10.6 Å². The molecule has 3 aromatic rings. The summed E-state index contributed by atoms with van der Waals surface area (Å²) in [5.41, 5.74) is 7.58. The number of nitrogens with two attached hydrogens (primary N) is 1. The fourth-order valence-corrected chi connectivity index (χ4v) is 4.74. The summed E-state index contributed by atoms with van der Waals surface area (Å²) in [6.07, 6.45) is 2.88. The van der Waals surface area contributed by atoms with Gasteiger partial charge in [-0.1, -0.05) is 30.3 Å². The third-order valence-corrected chi connectivity index (χ3v) is 6.84. The molecule has 2 amide bonds. The molecule has 5 N–H and O–H groups in total. The highest BCUT2D eigenvalue weighted by atomic mass is 19.1. The number of aromatic carboxylic acids is 1. The lowest BCUT2D eigenvalue weighted by molar-refractivity contribution is -0.130. The molecule has 1 aliphatic rings. The first-order chi connectivity index (χ1) is 17.3. The summed E-state index contributed by atoms with van der Waals surface area (Å²) in [4.78, 5) is 37.5. The molecule has 9 heteroatoms. The molecule has 1 fully saturated rings. The quantitative estimate of drug-likeness (QED) is 0.356. The molecule has 0 bridgehead atoms. The number of hydrogen-bond donors (Lipinski definition) is 4. The van der Waals surface area contributed by atoms with Gasteiger partial charge in [0.2, 0.25) is 17.6 Å². The minimum absolute atomic E-state index is 0.0712. The number of rotatable bonds is 9. The number of furan rings is 1. The van der Waals surface area contributed by atoms with Crippen molar-refractivity contribution in [1.29, 1.82) is 0 Å². The molecule has 0 aliphatic heterocycles. The molecule has 0 spiro atoms. The summed E-state index contributed by atoms with van der Waals surface area (Å²) < 4.78 is 18.2. The molecule has 1 unspecified atom stereocenters. The van der Waals surface area contributed by atoms with Gasteiger partial charge in [-0.25, -0.2) is 9.18 Å². The number of halogens is 1. The zero-order valence-electron chi connectivity index (χ0n) is 19.8. The van der Waals surface area contributed by atoms with Crippen LogP contribution in [0.2, 0.25) is 0 Å². The van der Waals surface area contributed by atoms with Crippen LogP contribution in [0.1, 0.15) is 41.8 Å². The van der Waals surface area contributed by atoms with Crippen LogP contribution in [-0.2, 0) is 16.0 Å². The first-order valence-electron chi connectivity index (χ1n) is 12.1. The Balaban J connectivity index is 1.46. The minimum Gasteiger partial charge on any atom is -0.475 e. The Kier molecular flexibility index (Phi) is 8.00. The van der Waals surface area contributed by atoms with E-state index in [1.54, 1.807) is 18.2 Å². The van der Waals surface area contributed by atoms with Gasteiger partial charge in [0.15, 0.2) is 0 Å². The number of nitrogens with one attached hydrogen (secondary N) is 2. The van der Waals surface area contributed by atoms with Crippen molar-refractivity contribution in [3.8, 4) is 0 Å². The van der Waals surface area contributed by atoms with Gasteiger partial charge in [-0.3, -0.25) is 9.59 Å². The van der Waals surface area contributed by atoms with Gasteiger partial charge in [-0.15, -0.1) is 0 Å². The maximum absolute atomic E-state index is 13.3. The van der Waals surface area contributed by atoms with Crippen LogP contribution < -0.4 is 16.4 Å². The van der Waals surface area contributed by atoms with Crippen molar-refractivity contribution in [3.05, 3.63) is 65.9 Å². The lowest BCUT2D eigenvalue weighted by Gasteiger charge is -2.31. The maximum atomic E-state index is 13.3. The molecule has 2 atom stereocenters. The molecule has 0 saturated heterocycles. The van der Waals surface area contributed by atoms with Crippen LogP contribution in [0.4, 0.5) is 10.1 Å². The average Bonchev–Trinajstić information content (AvgIpc) is 3.32. The van der Waals surface area contributed by atoms with Crippen molar-refractivity contribution in [2.24, 2.45) is 17.6 Å². The highest BCUT2D eigenvalue weighted by Crippen LogP contribution is 2.31. The van der Waals surface area contributed by atoms with Crippen molar-refractivity contribution in [3.63, 3.8) is 0 Å². The summed E-state index contributed by atoms with van der Waals surface area (Å²) in [6, 6.07) is 14.3. The molecule has 36 heavy (non-hydrogen) atoms. The van der Waals surface area contributed by atoms with Crippen LogP contribution in [0.3, 0.4) is 0 Å². The second-order valence-corrected chi connectivity index (χ2v) is 9.34. The van der Waals surface area contributed by atoms with E-state index in [0.717, 1.165) is 5.56 Å². The van der Waals surface area contributed by atoms with Crippen molar-refractivity contribution in [1.82, 2.24) is 5.32 Å². The molecule has 1 aromatic heterocycles. The predicted octanol–water partition coefficient (Wildman–Crippen LogP) is 3.90. The fourth-order valence-electron chi connectivity index (χ4n) is 4.74. The van der Waals surface area contributed by atoms with E-state index >= 15 is 0 Å². The minimum atomic E-state index is -1.18. The summed E-state index contributed by atoms with van der Waals surface area (Å²) >= 11 is 0. The molecule has 1 saturated carbocycles. The number of carboxylic acids is 1. The number of fused-ring (bicyclic) bond motifs is 1. The normalized spacial score (nSPS) is 19.4. The second kappa shape index (κ2) is 11.3. The van der Waals surface area contributed by atoms with Crippen molar-refractivity contribution in [2.45, 2.75) is 44.2 Å². The molecule has 2 aromatic carbocycles. The largest absolute Gasteiger partial charge is 0.475 e. The van der Waals surface area contributed by atoms with Crippen LogP contribution in [0.15, 0.2) is 59.0 Å². The van der Waals surface area contributed by atoms with E-state index in [1.807, 2.05) is 30.3 Å². The number of carbonyl (C=O) groups is 3. The highest BCUT2D eigenvalue weighted by Gasteiger charge is 2.31. The molecule has 4 rings (SSSR count). The average molecular weight is 496 g/mol. The number of amides is 2. The summed E-state index contributed by atoms with van der Waals surface area (Å²) in [7, 11) is 0. The highest BCUT2D eigenvalue weighted by molar-refractivity contribution is 5.99. The molecule has 8 nitrogen and oxygen atoms in total. The van der Waals surface area contributed by atoms with E-state index in [4.69, 9.17) is 15.3 Å². The van der Waals surface area contributed by atoms with Gasteiger partial charge < -0.3 is 25.9 Å². The Morgan fingerprint density at radius 1 is 1.06 bits per heavy atom. The maximum Gasteiger partial charge on any atom is 0.371 e. The zero-order chi connectivity index (χ0) is 25.7. The van der Waals surface area contributed by atoms with Crippen molar-refractivity contribution >= 4 is 34.4 Å². The predicted molar refractivity (Wildman–Crippen MR) is 133 cm³/mol. The van der Waals surface area contributed by atoms with E-state index in [-0.39, 0.29) is 29.4 Å². The van der Waals surface area contributed by atoms with Crippen LogP contribution in [0.25, 0.3) is 11.0 Å². The van der Waals surface area contributed by atoms with E-state index in [0.29, 0.717) is 48.8 Å². The van der Waals surface area contributed by atoms with Crippen LogP contribution >= 0.6 is 0 Å². The molecule has 1 heterocycles. The van der Waals surface area contributed by atoms with Gasteiger partial charge in [-0.05, 0) is 61.4 Å². The van der Waals surface area contributed by atoms with Gasteiger partial charge in [0.05, 0.1) is 0 Å². The number of carbonyl (C=O) groups excluding carboxylic acids is 2. The van der Waals surface area contributed by atoms with Crippen LogP contribution in [-0.4, -0.2) is 41.6 Å². The van der Waals surface area contributed by atoms with E-state index < -0.39 is 24.7 Å². The van der Waals surface area contributed by atoms with Gasteiger partial charge in [0, 0.05) is 29.5 Å². The number of benzene rings is 2. The van der Waals surface area contributed by atoms with Crippen LogP contribution in [0, 0.1) is 11.8 Å². The van der Waals surface area contributed by atoms with Gasteiger partial charge in [0.1, 0.15) is 18.3 Å². The van der Waals surface area contributed by atoms with Crippen LogP contribution in [0.5, 0.6) is 0 Å². The second-order valence-electron chi connectivity index (χ2n) is 9.34. The number of alkyl halides is 1. The number of hydrogen-bond acceptors (Lipinski definition) is 5.